The Morgan fingerprint density at radius 1 is 1.35 bits per heavy atom. The topological polar surface area (TPSA) is 44.8 Å². The first-order chi connectivity index (χ1) is 11.1. The molecular formula is C17H24ClN3O2. The van der Waals surface area contributed by atoms with Gasteiger partial charge in [0.05, 0.1) is 12.1 Å². The quantitative estimate of drug-likeness (QED) is 0.919. The molecule has 2 saturated heterocycles. The Morgan fingerprint density at radius 3 is 2.83 bits per heavy atom. The van der Waals surface area contributed by atoms with Crippen molar-refractivity contribution in [3.05, 3.63) is 23.2 Å². The maximum Gasteiger partial charge on any atom is 0.322 e. The van der Waals surface area contributed by atoms with Gasteiger partial charge in [-0.3, -0.25) is 0 Å². The molecule has 126 valence electrons. The van der Waals surface area contributed by atoms with E-state index in [0.29, 0.717) is 28.5 Å². The Hall–Kier alpha value is -1.46. The summed E-state index contributed by atoms with van der Waals surface area (Å²) in [6.07, 6.45) is 3.26. The Balaban J connectivity index is 1.71. The molecule has 0 aromatic heterocycles. The van der Waals surface area contributed by atoms with Crippen molar-refractivity contribution in [1.29, 1.82) is 0 Å². The van der Waals surface area contributed by atoms with Gasteiger partial charge in [0.2, 0.25) is 0 Å². The summed E-state index contributed by atoms with van der Waals surface area (Å²) in [5.41, 5.74) is 0.705. The number of halogens is 1. The number of methoxy groups -OCH3 is 1. The fraction of sp³-hybridized carbons (Fsp3) is 0.588. The summed E-state index contributed by atoms with van der Waals surface area (Å²) in [6, 6.07) is 5.98. The minimum Gasteiger partial charge on any atom is -0.495 e. The molecule has 1 N–H and O–H groups in total. The monoisotopic (exact) mass is 337 g/mol. The summed E-state index contributed by atoms with van der Waals surface area (Å²) in [4.78, 5) is 17.3. The fourth-order valence-electron chi connectivity index (χ4n) is 3.70. The first-order valence-electron chi connectivity index (χ1n) is 8.27. The molecule has 6 heteroatoms. The number of urea groups is 1. The third-order valence-electron chi connectivity index (χ3n) is 4.95. The maximum absolute atomic E-state index is 12.8. The molecule has 1 aromatic rings. The van der Waals surface area contributed by atoms with Gasteiger partial charge in [0.15, 0.2) is 0 Å². The van der Waals surface area contributed by atoms with Crippen LogP contribution in [0.5, 0.6) is 5.75 Å². The van der Waals surface area contributed by atoms with Crippen LogP contribution in [0.4, 0.5) is 10.5 Å². The van der Waals surface area contributed by atoms with Gasteiger partial charge in [0.25, 0.3) is 0 Å². The number of hydrogen-bond donors (Lipinski definition) is 1. The van der Waals surface area contributed by atoms with Gasteiger partial charge < -0.3 is 19.9 Å². The summed E-state index contributed by atoms with van der Waals surface area (Å²) in [6.45, 7) is 5.29. The maximum atomic E-state index is 12.8. The van der Waals surface area contributed by atoms with E-state index in [2.05, 4.69) is 17.1 Å². The molecule has 5 nitrogen and oxygen atoms in total. The predicted molar refractivity (Wildman–Crippen MR) is 92.4 cm³/mol. The molecular weight excluding hydrogens is 314 g/mol. The van der Waals surface area contributed by atoms with Crippen molar-refractivity contribution in [3.8, 4) is 5.75 Å². The van der Waals surface area contributed by atoms with Crippen molar-refractivity contribution in [3.63, 3.8) is 0 Å². The number of nitrogens with one attached hydrogen (secondary N) is 1. The molecule has 2 bridgehead atoms. The van der Waals surface area contributed by atoms with Crippen LogP contribution in [-0.4, -0.2) is 54.7 Å². The number of anilines is 1. The van der Waals surface area contributed by atoms with Gasteiger partial charge in [-0.05, 0) is 44.0 Å². The molecule has 23 heavy (non-hydrogen) atoms. The third kappa shape index (κ3) is 3.40. The lowest BCUT2D eigenvalue weighted by Crippen LogP contribution is -2.45. The van der Waals surface area contributed by atoms with Gasteiger partial charge >= 0.3 is 6.03 Å². The van der Waals surface area contributed by atoms with Crippen LogP contribution in [0.3, 0.4) is 0 Å². The normalized spacial score (nSPS) is 24.4. The second-order valence-corrected chi connectivity index (χ2v) is 6.66. The van der Waals surface area contributed by atoms with Gasteiger partial charge in [0, 0.05) is 30.9 Å². The van der Waals surface area contributed by atoms with E-state index < -0.39 is 0 Å². The van der Waals surface area contributed by atoms with Gasteiger partial charge in [-0.15, -0.1) is 0 Å². The highest BCUT2D eigenvalue weighted by Gasteiger charge is 2.39. The number of fused-ring (bicyclic) bond motifs is 2. The van der Waals surface area contributed by atoms with E-state index in [9.17, 15) is 4.79 Å². The van der Waals surface area contributed by atoms with E-state index in [1.165, 1.54) is 0 Å². The Bertz CT molecular complexity index is 581. The zero-order chi connectivity index (χ0) is 16.4. The highest BCUT2D eigenvalue weighted by Crippen LogP contribution is 2.32. The Kier molecular flexibility index (Phi) is 4.97. The number of rotatable bonds is 3. The van der Waals surface area contributed by atoms with Gasteiger partial charge in [0.1, 0.15) is 5.75 Å². The lowest BCUT2D eigenvalue weighted by Gasteiger charge is -2.29. The molecule has 2 amide bonds. The summed E-state index contributed by atoms with van der Waals surface area (Å²) >= 11 is 6.14. The second kappa shape index (κ2) is 6.97. The van der Waals surface area contributed by atoms with Gasteiger partial charge in [-0.25, -0.2) is 4.79 Å². The average molecular weight is 338 g/mol. The van der Waals surface area contributed by atoms with Crippen molar-refractivity contribution in [2.24, 2.45) is 0 Å². The van der Waals surface area contributed by atoms with E-state index in [0.717, 1.165) is 38.9 Å². The zero-order valence-corrected chi connectivity index (χ0v) is 14.5. The minimum atomic E-state index is -0.0170. The van der Waals surface area contributed by atoms with Crippen molar-refractivity contribution in [2.75, 3.05) is 32.1 Å². The van der Waals surface area contributed by atoms with Crippen molar-refractivity contribution in [2.45, 2.75) is 38.3 Å². The van der Waals surface area contributed by atoms with Crippen molar-refractivity contribution < 1.29 is 9.53 Å². The molecule has 1 aromatic carbocycles. The number of amides is 2. The molecule has 2 atom stereocenters. The van der Waals surface area contributed by atoms with Crippen LogP contribution in [0.2, 0.25) is 5.02 Å². The molecule has 3 rings (SSSR count). The molecule has 2 aliphatic heterocycles. The number of likely N-dealkylation sites (N-methyl/N-ethyl adjacent to an activating group) is 1. The first kappa shape index (κ1) is 16.4. The molecule has 0 aliphatic carbocycles. The lowest BCUT2D eigenvalue weighted by molar-refractivity contribution is 0.184. The summed E-state index contributed by atoms with van der Waals surface area (Å²) < 4.78 is 5.15. The number of carbonyl (C=O) groups is 1. The molecule has 2 heterocycles. The van der Waals surface area contributed by atoms with Crippen LogP contribution in [0.25, 0.3) is 0 Å². The van der Waals surface area contributed by atoms with Crippen molar-refractivity contribution in [1.82, 2.24) is 9.80 Å². The number of hydrogen-bond acceptors (Lipinski definition) is 3. The summed E-state index contributed by atoms with van der Waals surface area (Å²) in [7, 11) is 1.58. The average Bonchev–Trinajstić information content (AvgIpc) is 2.82. The molecule has 0 radical (unpaired) electrons. The summed E-state index contributed by atoms with van der Waals surface area (Å²) in [5, 5.41) is 3.49. The molecule has 2 aliphatic rings. The van der Waals surface area contributed by atoms with Crippen LogP contribution in [0, 0.1) is 0 Å². The van der Waals surface area contributed by atoms with Gasteiger partial charge in [-0.1, -0.05) is 18.5 Å². The van der Waals surface area contributed by atoms with E-state index in [4.69, 9.17) is 16.3 Å². The van der Waals surface area contributed by atoms with Crippen LogP contribution in [0.1, 0.15) is 26.2 Å². The number of carbonyl (C=O) groups excluding carboxylic acids is 1. The standard InChI is InChI=1S/C17H24ClN3O2/c1-3-20-9-8-13-5-6-14(11-20)21(13)17(22)19-12-4-7-16(23-2)15(18)10-12/h4,7,10,13-14H,3,5-6,8-9,11H2,1-2H3,(H,19,22). The largest absolute Gasteiger partial charge is 0.495 e. The zero-order valence-electron chi connectivity index (χ0n) is 13.7. The molecule has 0 spiro atoms. The second-order valence-electron chi connectivity index (χ2n) is 6.25. The SMILES string of the molecule is CCN1CCC2CCC(C1)N2C(=O)Nc1ccc(OC)c(Cl)c1. The van der Waals surface area contributed by atoms with Crippen LogP contribution in [0.15, 0.2) is 18.2 Å². The molecule has 0 saturated carbocycles. The van der Waals surface area contributed by atoms with Gasteiger partial charge in [-0.2, -0.15) is 0 Å². The predicted octanol–water partition coefficient (Wildman–Crippen LogP) is 3.44. The van der Waals surface area contributed by atoms with E-state index in [1.54, 1.807) is 19.2 Å². The number of likely N-dealkylation sites (tertiary alicyclic amines) is 1. The molecule has 2 unspecified atom stereocenters. The first-order valence-corrected chi connectivity index (χ1v) is 8.65. The van der Waals surface area contributed by atoms with E-state index in [1.807, 2.05) is 11.0 Å². The number of nitrogens with zero attached hydrogens (tertiary/aromatic N) is 2. The smallest absolute Gasteiger partial charge is 0.322 e. The number of benzene rings is 1. The third-order valence-corrected chi connectivity index (χ3v) is 5.25. The fourth-order valence-corrected chi connectivity index (χ4v) is 3.95. The van der Waals surface area contributed by atoms with Crippen LogP contribution in [-0.2, 0) is 0 Å². The summed E-state index contributed by atoms with van der Waals surface area (Å²) in [5.74, 6) is 0.609. The Morgan fingerprint density at radius 2 is 2.13 bits per heavy atom. The highest BCUT2D eigenvalue weighted by molar-refractivity contribution is 6.32. The van der Waals surface area contributed by atoms with Crippen molar-refractivity contribution >= 4 is 23.3 Å². The lowest BCUT2D eigenvalue weighted by atomic mass is 10.1. The minimum absolute atomic E-state index is 0.0170. The van der Waals surface area contributed by atoms with Crippen LogP contribution >= 0.6 is 11.6 Å². The molecule has 2 fully saturated rings. The van der Waals surface area contributed by atoms with Crippen LogP contribution < -0.4 is 10.1 Å². The highest BCUT2D eigenvalue weighted by atomic mass is 35.5. The van der Waals surface area contributed by atoms with E-state index in [-0.39, 0.29) is 6.03 Å². The van der Waals surface area contributed by atoms with E-state index >= 15 is 0 Å². The Labute approximate surface area is 142 Å². The number of ether oxygens (including phenoxy) is 1.